The zero-order chi connectivity index (χ0) is 74.4. The molecule has 5 aromatic carbocycles. The van der Waals surface area contributed by atoms with Crippen LogP contribution in [0.4, 0.5) is 23.3 Å². The van der Waals surface area contributed by atoms with E-state index in [1.807, 2.05) is 113 Å². The predicted molar refractivity (Wildman–Crippen MR) is 390 cm³/mol. The highest BCUT2D eigenvalue weighted by Crippen LogP contribution is 2.26. The number of unbranched alkanes of at least 4 members (excludes halogenated alkanes) is 2. The molecule has 2 aromatic heterocycles. The molecule has 7 aromatic rings. The lowest BCUT2D eigenvalue weighted by molar-refractivity contribution is -0.119. The fourth-order valence-electron chi connectivity index (χ4n) is 10.8. The number of hydrogen-bond donors (Lipinski definition) is 19. The van der Waals surface area contributed by atoms with Crippen LogP contribution in [0.2, 0.25) is 10.3 Å². The number of benzene rings is 5. The second-order valence-corrected chi connectivity index (χ2v) is 25.1. The van der Waals surface area contributed by atoms with Crippen molar-refractivity contribution in [2.24, 2.45) is 0 Å². The molecule has 2 amide bonds. The van der Waals surface area contributed by atoms with Crippen molar-refractivity contribution >= 4 is 81.0 Å². The number of nitrogens with zero attached hydrogens (tertiary/aromatic N) is 6. The standard InChI is InChI=1S/C70H94Cl2N16O15/c71-61-65(75)83-63(73)55(81-61)67(98)85-69(77)79-27-6-4-10-42-16-22-48(23-17-42)101-34-31-87(38-51(91)57(94)59(96)53(93)40-89)29-8-12-44-15-20-45-21-26-50(37-46(45)36-44)103-54(41-90)60(97)58(95)52(92)39-88(30-9-33-100-47-13-2-1-3-14-47)32-35-102-49-24-18-43(19-25-49)11-5-7-28-80-70(78)86-68(99)56-64(74)84-66(76)62(72)82-56/h1-3,13-26,36-37,51-54,57-60,89-97H,4-12,27-35,38-41H2,(H4,73,75,83)(H4,74,76,84)(H3,77,79,85,98)(H3,78,80,86,99). The molecule has 0 saturated heterocycles. The molecule has 103 heavy (non-hydrogen) atoms. The van der Waals surface area contributed by atoms with Crippen molar-refractivity contribution < 1.29 is 74.5 Å². The van der Waals surface area contributed by atoms with Crippen LogP contribution in [0.3, 0.4) is 0 Å². The summed E-state index contributed by atoms with van der Waals surface area (Å²) in [5, 5.41) is 124. The van der Waals surface area contributed by atoms with E-state index in [1.54, 1.807) is 12.1 Å². The summed E-state index contributed by atoms with van der Waals surface area (Å²) in [7, 11) is 0. The van der Waals surface area contributed by atoms with E-state index in [0.29, 0.717) is 95.2 Å². The van der Waals surface area contributed by atoms with E-state index in [9.17, 15) is 55.5 Å². The second kappa shape index (κ2) is 41.9. The molecule has 0 aliphatic carbocycles. The third kappa shape index (κ3) is 26.6. The van der Waals surface area contributed by atoms with Crippen LogP contribution in [0.5, 0.6) is 23.0 Å². The number of para-hydroxylation sites is 1. The van der Waals surface area contributed by atoms with Crippen LogP contribution in [-0.2, 0) is 19.3 Å². The average molecular weight is 1470 g/mol. The lowest BCUT2D eigenvalue weighted by Gasteiger charge is -2.32. The number of carbonyl (C=O) groups is 2. The van der Waals surface area contributed by atoms with E-state index < -0.39 is 73.9 Å². The number of nitrogens with one attached hydrogen (secondary N) is 6. The summed E-state index contributed by atoms with van der Waals surface area (Å²) in [6.45, 7) is 1.34. The van der Waals surface area contributed by atoms with Crippen LogP contribution in [0.15, 0.2) is 115 Å². The monoisotopic (exact) mass is 1470 g/mol. The predicted octanol–water partition coefficient (Wildman–Crippen LogP) is 2.03. The molecular formula is C70H94Cl2N16O15. The number of fused-ring (bicyclic) bond motifs is 1. The summed E-state index contributed by atoms with van der Waals surface area (Å²) in [6, 6.07) is 35.6. The first-order chi connectivity index (χ1) is 49.5. The van der Waals surface area contributed by atoms with Gasteiger partial charge in [-0.1, -0.05) is 89.9 Å². The summed E-state index contributed by atoms with van der Waals surface area (Å²) in [6.07, 6.45) is -6.99. The van der Waals surface area contributed by atoms with Gasteiger partial charge in [0.2, 0.25) is 0 Å². The van der Waals surface area contributed by atoms with E-state index >= 15 is 0 Å². The molecule has 0 saturated carbocycles. The zero-order valence-electron chi connectivity index (χ0n) is 56.9. The molecule has 0 aliphatic rings. The molecule has 33 heteroatoms. The molecule has 23 N–H and O–H groups in total. The highest BCUT2D eigenvalue weighted by atomic mass is 35.5. The second-order valence-electron chi connectivity index (χ2n) is 24.4. The van der Waals surface area contributed by atoms with Gasteiger partial charge in [-0.15, -0.1) is 0 Å². The number of carbonyl (C=O) groups excluding carboxylic acids is 2. The number of halogens is 2. The van der Waals surface area contributed by atoms with Crippen molar-refractivity contribution in [2.75, 3.05) is 108 Å². The van der Waals surface area contributed by atoms with Crippen LogP contribution in [0.25, 0.3) is 10.8 Å². The Labute approximate surface area is 606 Å². The Bertz CT molecular complexity index is 3810. The smallest absolute Gasteiger partial charge is 0.280 e. The highest BCUT2D eigenvalue weighted by molar-refractivity contribution is 6.32. The van der Waals surface area contributed by atoms with Gasteiger partial charge in [-0.3, -0.25) is 40.8 Å². The first kappa shape index (κ1) is 81.2. The Morgan fingerprint density at radius 2 is 0.893 bits per heavy atom. The Morgan fingerprint density at radius 1 is 0.456 bits per heavy atom. The maximum absolute atomic E-state index is 12.5. The van der Waals surface area contributed by atoms with Gasteiger partial charge < -0.3 is 98.5 Å². The number of aliphatic hydroxyl groups excluding tert-OH is 9. The molecule has 558 valence electrons. The van der Waals surface area contributed by atoms with Crippen LogP contribution >= 0.6 is 23.2 Å². The summed E-state index contributed by atoms with van der Waals surface area (Å²) < 4.78 is 24.2. The third-order valence-corrected chi connectivity index (χ3v) is 17.1. The summed E-state index contributed by atoms with van der Waals surface area (Å²) >= 11 is 11.7. The van der Waals surface area contributed by atoms with E-state index in [2.05, 4.69) is 41.2 Å². The van der Waals surface area contributed by atoms with Gasteiger partial charge in [-0.25, -0.2) is 19.9 Å². The number of nitrogens with two attached hydrogens (primary N) is 4. The molecule has 8 unspecified atom stereocenters. The molecule has 0 radical (unpaired) electrons. The van der Waals surface area contributed by atoms with Gasteiger partial charge in [-0.05, 0) is 140 Å². The molecule has 31 nitrogen and oxygen atoms in total. The molecule has 0 aliphatic heterocycles. The van der Waals surface area contributed by atoms with Crippen molar-refractivity contribution in [1.82, 2.24) is 51.0 Å². The van der Waals surface area contributed by atoms with Gasteiger partial charge in [0.25, 0.3) is 11.8 Å². The van der Waals surface area contributed by atoms with E-state index in [4.69, 9.17) is 75.9 Å². The number of rotatable bonds is 43. The van der Waals surface area contributed by atoms with E-state index in [-0.39, 0.29) is 88.9 Å². The third-order valence-electron chi connectivity index (χ3n) is 16.6. The molecule has 0 spiro atoms. The molecular weight excluding hydrogens is 1380 g/mol. The van der Waals surface area contributed by atoms with Crippen molar-refractivity contribution in [3.8, 4) is 23.0 Å². The number of guanidine groups is 2. The van der Waals surface area contributed by atoms with Gasteiger partial charge in [0.15, 0.2) is 63.0 Å². The maximum atomic E-state index is 12.5. The largest absolute Gasteiger partial charge is 0.494 e. The average Bonchev–Trinajstić information content (AvgIpc) is 0.823. The molecule has 0 fully saturated rings. The fourth-order valence-corrected chi connectivity index (χ4v) is 11.1. The van der Waals surface area contributed by atoms with Gasteiger partial charge in [0.1, 0.15) is 66.7 Å². The van der Waals surface area contributed by atoms with Crippen LogP contribution in [0.1, 0.15) is 76.2 Å². The van der Waals surface area contributed by atoms with Crippen LogP contribution < -0.4 is 63.1 Å². The number of hydrogen-bond acceptors (Lipinski definition) is 27. The van der Waals surface area contributed by atoms with E-state index in [1.165, 1.54) is 0 Å². The SMILES string of the molecule is N=C(NCCCCc1ccc(OCCN(CCCc2ccc3ccc(OC(CO)C(O)C(O)C(O)CN(CCCOc4ccccc4)CCOc4ccc(CCCCNC(=N)NC(=O)c5nc(Cl)c(N)nc5N)cc4)cc3c2)CC(O)C(O)C(O)C(O)CO)cc1)NC(=O)c1nc(Cl)c(N)nc1N. The first-order valence-corrected chi connectivity index (χ1v) is 34.4. The molecule has 7 rings (SSSR count). The summed E-state index contributed by atoms with van der Waals surface area (Å²) in [5.74, 6) is -0.484. The van der Waals surface area contributed by atoms with Gasteiger partial charge >= 0.3 is 0 Å². The minimum Gasteiger partial charge on any atom is -0.494 e. The van der Waals surface area contributed by atoms with Gasteiger partial charge in [0, 0.05) is 45.8 Å². The van der Waals surface area contributed by atoms with Crippen molar-refractivity contribution in [3.63, 3.8) is 0 Å². The van der Waals surface area contributed by atoms with Gasteiger partial charge in [0.05, 0.1) is 32.0 Å². The molecule has 8 atom stereocenters. The van der Waals surface area contributed by atoms with Crippen LogP contribution in [-0.4, -0.2) is 234 Å². The quantitative estimate of drug-likeness (QED) is 0.0148. The van der Waals surface area contributed by atoms with Crippen molar-refractivity contribution in [2.45, 2.75) is 107 Å². The summed E-state index contributed by atoms with van der Waals surface area (Å²) in [5.41, 5.74) is 25.2. The highest BCUT2D eigenvalue weighted by Gasteiger charge is 2.34. The lowest BCUT2D eigenvalue weighted by atomic mass is 10.0. The minimum atomic E-state index is -1.81. The number of amides is 2. The van der Waals surface area contributed by atoms with Crippen molar-refractivity contribution in [3.05, 3.63) is 154 Å². The lowest BCUT2D eigenvalue weighted by Crippen LogP contribution is -2.51. The number of anilines is 4. The first-order valence-electron chi connectivity index (χ1n) is 33.7. The Kier molecular flexibility index (Phi) is 33.0. The topological polar surface area (TPSA) is 511 Å². The number of nitrogen functional groups attached to an aromatic ring is 4. The minimum absolute atomic E-state index is 0.0739. The fraction of sp³-hybridized carbons (Fsp3) is 0.429. The number of ether oxygens (including phenoxy) is 4. The Morgan fingerprint density at radius 3 is 1.40 bits per heavy atom. The number of aryl methyl sites for hydroxylation is 3. The van der Waals surface area contributed by atoms with Crippen molar-refractivity contribution in [1.29, 1.82) is 10.8 Å². The normalized spacial score (nSPS) is 13.8. The Balaban J connectivity index is 0.863. The zero-order valence-corrected chi connectivity index (χ0v) is 58.4. The maximum Gasteiger partial charge on any atom is 0.280 e. The van der Waals surface area contributed by atoms with Gasteiger partial charge in [-0.2, -0.15) is 0 Å². The molecule has 2 heterocycles. The van der Waals surface area contributed by atoms with E-state index in [0.717, 1.165) is 53.1 Å². The number of aliphatic hydroxyl groups is 9. The molecule has 0 bridgehead atoms. The van der Waals surface area contributed by atoms with Crippen LogP contribution in [0, 0.1) is 10.8 Å². The Hall–Kier alpha value is -9.06. The number of aromatic nitrogens is 4. The summed E-state index contributed by atoms with van der Waals surface area (Å²) in [4.78, 5) is 44.0.